The molecule has 0 saturated heterocycles. The van der Waals surface area contributed by atoms with Crippen LogP contribution in [-0.2, 0) is 28.6 Å². The largest absolute Gasteiger partial charge is 0.462 e. The molecule has 0 aliphatic rings. The van der Waals surface area contributed by atoms with Crippen LogP contribution in [0.5, 0.6) is 0 Å². The number of hydrogen-bond acceptors (Lipinski definition) is 6. The van der Waals surface area contributed by atoms with Crippen molar-refractivity contribution in [2.75, 3.05) is 13.2 Å². The third-order valence-electron chi connectivity index (χ3n) is 11.4. The van der Waals surface area contributed by atoms with Crippen molar-refractivity contribution in [1.82, 2.24) is 0 Å². The third-order valence-corrected chi connectivity index (χ3v) is 11.4. The molecule has 0 heterocycles. The van der Waals surface area contributed by atoms with Gasteiger partial charge in [0, 0.05) is 19.3 Å². The number of carbonyl (C=O) groups excluding carboxylic acids is 3. The molecule has 0 amide bonds. The second-order valence-corrected chi connectivity index (χ2v) is 17.5. The van der Waals surface area contributed by atoms with E-state index < -0.39 is 6.10 Å². The Morgan fingerprint density at radius 3 is 0.968 bits per heavy atom. The van der Waals surface area contributed by atoms with Crippen molar-refractivity contribution in [2.24, 2.45) is 0 Å². The minimum Gasteiger partial charge on any atom is -0.462 e. The summed E-state index contributed by atoms with van der Waals surface area (Å²) in [6.07, 6.45) is 62.2. The number of esters is 3. The van der Waals surface area contributed by atoms with Crippen molar-refractivity contribution >= 4 is 17.9 Å². The Labute approximate surface area is 383 Å². The lowest BCUT2D eigenvalue weighted by molar-refractivity contribution is -0.167. The Bertz CT molecular complexity index is 1130. The van der Waals surface area contributed by atoms with Gasteiger partial charge in [0.25, 0.3) is 0 Å². The molecule has 0 N–H and O–H groups in total. The fourth-order valence-electron chi connectivity index (χ4n) is 7.47. The van der Waals surface area contributed by atoms with Gasteiger partial charge in [0.05, 0.1) is 0 Å². The molecular formula is C56H98O6. The topological polar surface area (TPSA) is 78.9 Å². The molecule has 0 spiro atoms. The Hall–Kier alpha value is -2.89. The molecule has 0 radical (unpaired) electrons. The number of hydrogen-bond donors (Lipinski definition) is 0. The van der Waals surface area contributed by atoms with E-state index in [1.165, 1.54) is 161 Å². The highest BCUT2D eigenvalue weighted by Gasteiger charge is 2.19. The minimum absolute atomic E-state index is 0.0993. The molecule has 1 atom stereocenters. The number of ether oxygens (including phenoxy) is 3. The molecule has 0 fully saturated rings. The van der Waals surface area contributed by atoms with Crippen LogP contribution in [0.3, 0.4) is 0 Å². The number of rotatable bonds is 47. The van der Waals surface area contributed by atoms with Gasteiger partial charge >= 0.3 is 17.9 Å². The maximum absolute atomic E-state index is 12.7. The zero-order valence-corrected chi connectivity index (χ0v) is 40.9. The summed E-state index contributed by atoms with van der Waals surface area (Å²) in [5.74, 6) is -0.965. The predicted octanol–water partition coefficient (Wildman–Crippen LogP) is 17.3. The predicted molar refractivity (Wildman–Crippen MR) is 265 cm³/mol. The van der Waals surface area contributed by atoms with Crippen LogP contribution in [0.4, 0.5) is 0 Å². The number of unbranched alkanes of at least 4 members (excludes halogenated alkanes) is 30. The fraction of sp³-hybridized carbons (Fsp3) is 0.768. The van der Waals surface area contributed by atoms with E-state index in [0.29, 0.717) is 19.3 Å². The van der Waals surface area contributed by atoms with Crippen LogP contribution >= 0.6 is 0 Å². The molecule has 6 heteroatoms. The van der Waals surface area contributed by atoms with E-state index >= 15 is 0 Å². The molecule has 0 aliphatic carbocycles. The van der Waals surface area contributed by atoms with Gasteiger partial charge in [0.15, 0.2) is 6.10 Å². The van der Waals surface area contributed by atoms with Gasteiger partial charge in [-0.1, -0.05) is 268 Å². The van der Waals surface area contributed by atoms with Crippen molar-refractivity contribution in [3.8, 4) is 0 Å². The van der Waals surface area contributed by atoms with E-state index in [0.717, 1.165) is 51.4 Å². The second kappa shape index (κ2) is 50.8. The SMILES string of the molecule is CC/C=C/C=C/C=C/C=C/C=C/CCCC(=O)OC(COC(=O)CCCCCCCCCCCCCCC)COC(=O)CCCCCCCCCCCCCCCCCCCC. The molecule has 62 heavy (non-hydrogen) atoms. The lowest BCUT2D eigenvalue weighted by atomic mass is 10.0. The average Bonchev–Trinajstić information content (AvgIpc) is 3.27. The van der Waals surface area contributed by atoms with E-state index in [4.69, 9.17) is 14.2 Å². The molecule has 0 aromatic heterocycles. The van der Waals surface area contributed by atoms with Gasteiger partial charge in [-0.25, -0.2) is 0 Å². The molecule has 0 aromatic rings. The molecule has 1 unspecified atom stereocenters. The maximum atomic E-state index is 12.7. The molecule has 6 nitrogen and oxygen atoms in total. The minimum atomic E-state index is -0.806. The molecule has 358 valence electrons. The van der Waals surface area contributed by atoms with Crippen molar-refractivity contribution in [3.05, 3.63) is 60.8 Å². The van der Waals surface area contributed by atoms with Crippen LogP contribution in [-0.4, -0.2) is 37.2 Å². The number of allylic oxidation sites excluding steroid dienone is 10. The van der Waals surface area contributed by atoms with Crippen LogP contribution in [0.1, 0.15) is 258 Å². The van der Waals surface area contributed by atoms with Gasteiger partial charge in [0.2, 0.25) is 0 Å². The van der Waals surface area contributed by atoms with Crippen LogP contribution in [0.2, 0.25) is 0 Å². The first-order valence-electron chi connectivity index (χ1n) is 26.4. The zero-order chi connectivity index (χ0) is 45.1. The quantitative estimate of drug-likeness (QED) is 0.0262. The third kappa shape index (κ3) is 48.1. The lowest BCUT2D eigenvalue weighted by Gasteiger charge is -2.18. The van der Waals surface area contributed by atoms with Crippen LogP contribution < -0.4 is 0 Å². The first-order valence-corrected chi connectivity index (χ1v) is 26.4. The highest BCUT2D eigenvalue weighted by molar-refractivity contribution is 5.71. The van der Waals surface area contributed by atoms with E-state index in [1.54, 1.807) is 0 Å². The number of carbonyl (C=O) groups is 3. The highest BCUT2D eigenvalue weighted by atomic mass is 16.6. The van der Waals surface area contributed by atoms with Crippen molar-refractivity contribution in [2.45, 2.75) is 264 Å². The summed E-state index contributed by atoms with van der Waals surface area (Å²) < 4.78 is 16.7. The molecule has 0 saturated carbocycles. The summed E-state index contributed by atoms with van der Waals surface area (Å²) in [5.41, 5.74) is 0. The van der Waals surface area contributed by atoms with E-state index in [-0.39, 0.29) is 37.5 Å². The van der Waals surface area contributed by atoms with E-state index in [9.17, 15) is 14.4 Å². The Morgan fingerprint density at radius 2 is 0.629 bits per heavy atom. The molecular weight excluding hydrogens is 769 g/mol. The monoisotopic (exact) mass is 867 g/mol. The van der Waals surface area contributed by atoms with Gasteiger partial charge in [-0.15, -0.1) is 0 Å². The summed E-state index contributed by atoms with van der Waals surface area (Å²) >= 11 is 0. The van der Waals surface area contributed by atoms with Crippen molar-refractivity contribution in [3.63, 3.8) is 0 Å². The Balaban J connectivity index is 4.40. The standard InChI is InChI=1S/C56H98O6/c1-4-7-10-13-16-19-22-25-26-27-28-29-32-34-37-40-43-46-49-55(58)61-52-53(62-56(59)50-47-44-41-38-35-31-24-21-18-15-12-9-6-3)51-60-54(57)48-45-42-39-36-33-30-23-20-17-14-11-8-5-2/h9,12,15,18,21,24,31,35,38,41,53H,4-8,10-11,13-14,16-17,19-20,22-23,25-30,32-34,36-37,39-40,42-52H2,1-3H3/b12-9+,18-15+,24-21+,35-31+,41-38+. The summed E-state index contributed by atoms with van der Waals surface area (Å²) in [4.78, 5) is 37.9. The lowest BCUT2D eigenvalue weighted by Crippen LogP contribution is -2.30. The molecule has 0 rings (SSSR count). The van der Waals surface area contributed by atoms with Crippen LogP contribution in [0, 0.1) is 0 Å². The van der Waals surface area contributed by atoms with E-state index in [2.05, 4.69) is 26.8 Å². The van der Waals surface area contributed by atoms with Gasteiger partial charge < -0.3 is 14.2 Å². The first kappa shape index (κ1) is 59.1. The summed E-state index contributed by atoms with van der Waals surface area (Å²) in [5, 5.41) is 0. The van der Waals surface area contributed by atoms with Gasteiger partial charge in [-0.05, 0) is 32.1 Å². The average molecular weight is 867 g/mol. The van der Waals surface area contributed by atoms with Crippen LogP contribution in [0.25, 0.3) is 0 Å². The normalized spacial score (nSPS) is 12.5. The fourth-order valence-corrected chi connectivity index (χ4v) is 7.47. The van der Waals surface area contributed by atoms with Crippen molar-refractivity contribution in [1.29, 1.82) is 0 Å². The molecule has 0 aliphatic heterocycles. The molecule has 0 bridgehead atoms. The van der Waals surface area contributed by atoms with E-state index in [1.807, 2.05) is 54.7 Å². The zero-order valence-electron chi connectivity index (χ0n) is 40.9. The summed E-state index contributed by atoms with van der Waals surface area (Å²) in [6.45, 7) is 6.45. The smallest absolute Gasteiger partial charge is 0.306 e. The van der Waals surface area contributed by atoms with Gasteiger partial charge in [-0.2, -0.15) is 0 Å². The Kier molecular flexibility index (Phi) is 48.4. The van der Waals surface area contributed by atoms with Gasteiger partial charge in [-0.3, -0.25) is 14.4 Å². The summed E-state index contributed by atoms with van der Waals surface area (Å²) in [7, 11) is 0. The Morgan fingerprint density at radius 1 is 0.339 bits per heavy atom. The second-order valence-electron chi connectivity index (χ2n) is 17.5. The van der Waals surface area contributed by atoms with Crippen LogP contribution in [0.15, 0.2) is 60.8 Å². The first-order chi connectivity index (χ1) is 30.5. The summed E-state index contributed by atoms with van der Waals surface area (Å²) in [6, 6.07) is 0. The maximum Gasteiger partial charge on any atom is 0.306 e. The van der Waals surface area contributed by atoms with Gasteiger partial charge in [0.1, 0.15) is 13.2 Å². The van der Waals surface area contributed by atoms with Crippen molar-refractivity contribution < 1.29 is 28.6 Å². The highest BCUT2D eigenvalue weighted by Crippen LogP contribution is 2.16. The molecule has 0 aromatic carbocycles.